The Kier molecular flexibility index (Phi) is 7.14. The van der Waals surface area contributed by atoms with Crippen molar-refractivity contribution in [1.82, 2.24) is 15.3 Å². The zero-order chi connectivity index (χ0) is 22.5. The van der Waals surface area contributed by atoms with Crippen LogP contribution >= 0.6 is 0 Å². The van der Waals surface area contributed by atoms with Crippen LogP contribution in [-0.2, 0) is 9.53 Å². The number of hydrogen-bond donors (Lipinski definition) is 2. The second-order valence-electron chi connectivity index (χ2n) is 7.04. The lowest BCUT2D eigenvalue weighted by molar-refractivity contribution is -0.210. The van der Waals surface area contributed by atoms with Crippen LogP contribution in [0.2, 0.25) is 0 Å². The highest BCUT2D eigenvalue weighted by Gasteiger charge is 2.40. The molecule has 0 saturated heterocycles. The summed E-state index contributed by atoms with van der Waals surface area (Å²) in [5.74, 6) is -1.45. The van der Waals surface area contributed by atoms with Crippen molar-refractivity contribution in [3.8, 4) is 0 Å². The molecule has 2 N–H and O–H groups in total. The normalized spacial score (nSPS) is 14.5. The molecule has 30 heavy (non-hydrogen) atoms. The van der Waals surface area contributed by atoms with E-state index in [4.69, 9.17) is 4.74 Å². The minimum absolute atomic E-state index is 0.177. The molecule has 0 aliphatic heterocycles. The van der Waals surface area contributed by atoms with Gasteiger partial charge in [-0.3, -0.25) is 14.6 Å². The first-order valence-electron chi connectivity index (χ1n) is 9.09. The number of aromatic nitrogens is 2. The van der Waals surface area contributed by atoms with Crippen LogP contribution in [0.15, 0.2) is 36.7 Å². The smallest absolute Gasteiger partial charge is 0.346 e. The molecule has 0 radical (unpaired) electrons. The fourth-order valence-corrected chi connectivity index (χ4v) is 2.80. The van der Waals surface area contributed by atoms with Gasteiger partial charge in [-0.15, -0.1) is 0 Å². The van der Waals surface area contributed by atoms with Gasteiger partial charge >= 0.3 is 6.18 Å². The third kappa shape index (κ3) is 6.51. The molecule has 2 aromatic rings. The predicted molar refractivity (Wildman–Crippen MR) is 104 cm³/mol. The van der Waals surface area contributed by atoms with Gasteiger partial charge in [0.15, 0.2) is 0 Å². The number of rotatable bonds is 7. The van der Waals surface area contributed by atoms with Crippen molar-refractivity contribution in [3.63, 3.8) is 0 Å². The van der Waals surface area contributed by atoms with Gasteiger partial charge in [0, 0.05) is 30.9 Å². The molecule has 0 fully saturated rings. The lowest BCUT2D eigenvalue weighted by Gasteiger charge is -2.37. The Morgan fingerprint density at radius 2 is 1.97 bits per heavy atom. The zero-order valence-electron chi connectivity index (χ0n) is 17.0. The number of halogens is 3. The van der Waals surface area contributed by atoms with Gasteiger partial charge in [0.1, 0.15) is 18.1 Å². The van der Waals surface area contributed by atoms with Gasteiger partial charge in [-0.05, 0) is 43.7 Å². The van der Waals surface area contributed by atoms with Crippen LogP contribution in [0.4, 0.5) is 19.0 Å². The zero-order valence-corrected chi connectivity index (χ0v) is 17.0. The van der Waals surface area contributed by atoms with Crippen molar-refractivity contribution >= 4 is 17.6 Å². The second-order valence-corrected chi connectivity index (χ2v) is 7.04. The molecule has 2 atom stereocenters. The Bertz CT molecular complexity index is 906. The monoisotopic (exact) mass is 424 g/mol. The fourth-order valence-electron chi connectivity index (χ4n) is 2.80. The number of aryl methyl sites for hydroxylation is 1. The number of anilines is 1. The molecule has 2 aromatic heterocycles. The van der Waals surface area contributed by atoms with E-state index in [1.165, 1.54) is 44.4 Å². The molecule has 2 heterocycles. The Balaban J connectivity index is 2.39. The summed E-state index contributed by atoms with van der Waals surface area (Å²) in [5.41, 5.74) is -0.470. The summed E-state index contributed by atoms with van der Waals surface area (Å²) in [6.07, 6.45) is -1.81. The average Bonchev–Trinajstić information content (AvgIpc) is 2.65. The van der Waals surface area contributed by atoms with Crippen LogP contribution < -0.4 is 10.6 Å². The summed E-state index contributed by atoms with van der Waals surface area (Å²) in [4.78, 5) is 32.0. The minimum Gasteiger partial charge on any atom is -0.346 e. The summed E-state index contributed by atoms with van der Waals surface area (Å²) < 4.78 is 43.8. The number of ether oxygens (including phenoxy) is 1. The fraction of sp³-hybridized carbons (Fsp3) is 0.400. The van der Waals surface area contributed by atoms with Gasteiger partial charge in [0.05, 0.1) is 5.56 Å². The number of amides is 2. The summed E-state index contributed by atoms with van der Waals surface area (Å²) in [5, 5.41) is 5.10. The Labute approximate surface area is 172 Å². The summed E-state index contributed by atoms with van der Waals surface area (Å²) in [7, 11) is 0. The summed E-state index contributed by atoms with van der Waals surface area (Å²) in [6, 6.07) is 6.22. The van der Waals surface area contributed by atoms with Crippen molar-refractivity contribution in [2.75, 3.05) is 11.9 Å². The van der Waals surface area contributed by atoms with E-state index >= 15 is 0 Å². The molecule has 0 saturated carbocycles. The first kappa shape index (κ1) is 23.3. The van der Waals surface area contributed by atoms with Crippen molar-refractivity contribution < 1.29 is 27.5 Å². The highest BCUT2D eigenvalue weighted by Crippen LogP contribution is 2.32. The molecule has 0 aliphatic carbocycles. The molecule has 2 amide bonds. The number of nitrogens with one attached hydrogen (secondary N) is 2. The van der Waals surface area contributed by atoms with Crippen LogP contribution in [0.25, 0.3) is 0 Å². The standard InChI is InChI=1S/C20H23F3N4O3/c1-12-8-16(9-17(25-12)26-14(3)28)13(2)19(4,30-11-20(21,22)23)27-18(29)15-6-5-7-24-10-15/h5-10,13H,11H2,1-4H3,(H,27,29)(H,25,26,28). The third-order valence-electron chi connectivity index (χ3n) is 4.43. The van der Waals surface area contributed by atoms with E-state index in [-0.39, 0.29) is 17.3 Å². The number of nitrogens with zero attached hydrogens (tertiary/aromatic N) is 2. The maximum Gasteiger partial charge on any atom is 0.411 e. The second kappa shape index (κ2) is 9.21. The van der Waals surface area contributed by atoms with Gasteiger partial charge in [0.2, 0.25) is 5.91 Å². The molecular weight excluding hydrogens is 401 g/mol. The van der Waals surface area contributed by atoms with Crippen LogP contribution in [0, 0.1) is 6.92 Å². The first-order valence-corrected chi connectivity index (χ1v) is 9.09. The molecule has 2 unspecified atom stereocenters. The van der Waals surface area contributed by atoms with E-state index in [2.05, 4.69) is 20.6 Å². The topological polar surface area (TPSA) is 93.2 Å². The van der Waals surface area contributed by atoms with E-state index < -0.39 is 30.3 Å². The van der Waals surface area contributed by atoms with Gasteiger partial charge < -0.3 is 15.4 Å². The highest BCUT2D eigenvalue weighted by molar-refractivity contribution is 5.94. The molecule has 7 nitrogen and oxygen atoms in total. The SMILES string of the molecule is CC(=O)Nc1cc(C(C)C(C)(NC(=O)c2cccnc2)OCC(F)(F)F)cc(C)n1. The average molecular weight is 424 g/mol. The quantitative estimate of drug-likeness (QED) is 0.663. The number of carbonyl (C=O) groups excluding carboxylic acids is 2. The first-order chi connectivity index (χ1) is 13.9. The summed E-state index contributed by atoms with van der Waals surface area (Å²) in [6.45, 7) is 4.43. The number of alkyl halides is 3. The van der Waals surface area contributed by atoms with Crippen LogP contribution in [0.3, 0.4) is 0 Å². The molecular formula is C20H23F3N4O3. The van der Waals surface area contributed by atoms with Crippen molar-refractivity contribution in [3.05, 3.63) is 53.5 Å². The number of hydrogen-bond acceptors (Lipinski definition) is 5. The Morgan fingerprint density at radius 1 is 1.27 bits per heavy atom. The maximum absolute atomic E-state index is 12.9. The molecule has 0 aliphatic rings. The lowest BCUT2D eigenvalue weighted by Crippen LogP contribution is -2.53. The maximum atomic E-state index is 12.9. The largest absolute Gasteiger partial charge is 0.411 e. The highest BCUT2D eigenvalue weighted by atomic mass is 19.4. The Hall–Kier alpha value is -3.01. The van der Waals surface area contributed by atoms with Gasteiger partial charge in [-0.1, -0.05) is 6.92 Å². The van der Waals surface area contributed by atoms with E-state index in [1.807, 2.05) is 0 Å². The van der Waals surface area contributed by atoms with Crippen LogP contribution in [-0.4, -0.2) is 40.3 Å². The van der Waals surface area contributed by atoms with Crippen molar-refractivity contribution in [1.29, 1.82) is 0 Å². The molecule has 0 spiro atoms. The van der Waals surface area contributed by atoms with Gasteiger partial charge in [-0.25, -0.2) is 4.98 Å². The molecule has 0 aromatic carbocycles. The molecule has 0 bridgehead atoms. The van der Waals surface area contributed by atoms with E-state index in [9.17, 15) is 22.8 Å². The predicted octanol–water partition coefficient (Wildman–Crippen LogP) is 3.57. The molecule has 162 valence electrons. The van der Waals surface area contributed by atoms with E-state index in [0.717, 1.165) is 0 Å². The van der Waals surface area contributed by atoms with Crippen LogP contribution in [0.1, 0.15) is 48.3 Å². The van der Waals surface area contributed by atoms with Gasteiger partial charge in [0.25, 0.3) is 5.91 Å². The number of pyridine rings is 2. The molecule has 10 heteroatoms. The Morgan fingerprint density at radius 3 is 2.53 bits per heavy atom. The van der Waals surface area contributed by atoms with Crippen molar-refractivity contribution in [2.24, 2.45) is 0 Å². The van der Waals surface area contributed by atoms with Crippen LogP contribution in [0.5, 0.6) is 0 Å². The summed E-state index contributed by atoms with van der Waals surface area (Å²) >= 11 is 0. The van der Waals surface area contributed by atoms with E-state index in [1.54, 1.807) is 19.9 Å². The lowest BCUT2D eigenvalue weighted by atomic mass is 9.90. The minimum atomic E-state index is -4.59. The van der Waals surface area contributed by atoms with Crippen molar-refractivity contribution in [2.45, 2.75) is 45.5 Å². The van der Waals surface area contributed by atoms with E-state index in [0.29, 0.717) is 11.3 Å². The molecule has 2 rings (SSSR count). The third-order valence-corrected chi connectivity index (χ3v) is 4.43. The number of carbonyl (C=O) groups is 2. The van der Waals surface area contributed by atoms with Gasteiger partial charge in [-0.2, -0.15) is 13.2 Å².